The number of piperazine rings is 1. The number of halogens is 2. The van der Waals surface area contributed by atoms with Crippen LogP contribution < -0.4 is 4.90 Å². The minimum atomic E-state index is -0.793. The number of hydrogen-bond acceptors (Lipinski definition) is 2. The maximum atomic E-state index is 13.9. The highest BCUT2D eigenvalue weighted by atomic mass is 19.1. The monoisotopic (exact) mass is 330 g/mol. The lowest BCUT2D eigenvalue weighted by Crippen LogP contribution is -2.58. The average molecular weight is 330 g/mol. The van der Waals surface area contributed by atoms with Crippen LogP contribution in [0.2, 0.25) is 0 Å². The minimum Gasteiger partial charge on any atom is -0.325 e. The third-order valence-electron chi connectivity index (χ3n) is 4.14. The second-order valence-corrected chi connectivity index (χ2v) is 5.63. The molecule has 1 heterocycles. The fourth-order valence-corrected chi connectivity index (χ4v) is 2.83. The fourth-order valence-electron chi connectivity index (χ4n) is 2.83. The Bertz CT molecular complexity index is 780. The topological polar surface area (TPSA) is 40.6 Å². The van der Waals surface area contributed by atoms with Crippen LogP contribution in [0.15, 0.2) is 48.5 Å². The SMILES string of the molecule is CC1C(=O)N(c2ccc(F)cc2F)CCN1C(=O)c1ccccc1. The molecule has 1 saturated heterocycles. The highest BCUT2D eigenvalue weighted by Crippen LogP contribution is 2.25. The van der Waals surface area contributed by atoms with Gasteiger partial charge in [-0.1, -0.05) is 18.2 Å². The van der Waals surface area contributed by atoms with E-state index < -0.39 is 23.6 Å². The van der Waals surface area contributed by atoms with Gasteiger partial charge in [-0.15, -0.1) is 0 Å². The lowest BCUT2D eigenvalue weighted by atomic mass is 10.1. The Morgan fingerprint density at radius 3 is 2.46 bits per heavy atom. The van der Waals surface area contributed by atoms with Gasteiger partial charge in [0.15, 0.2) is 0 Å². The summed E-state index contributed by atoms with van der Waals surface area (Å²) in [7, 11) is 0. The zero-order valence-electron chi connectivity index (χ0n) is 13.1. The molecule has 4 nitrogen and oxygen atoms in total. The minimum absolute atomic E-state index is 0.0278. The molecule has 0 aliphatic carbocycles. The average Bonchev–Trinajstić information content (AvgIpc) is 2.58. The molecule has 6 heteroatoms. The van der Waals surface area contributed by atoms with Gasteiger partial charge in [0.05, 0.1) is 5.69 Å². The van der Waals surface area contributed by atoms with Gasteiger partial charge in [-0.05, 0) is 31.2 Å². The second kappa shape index (κ2) is 6.39. The number of amides is 2. The van der Waals surface area contributed by atoms with Crippen molar-refractivity contribution >= 4 is 17.5 Å². The van der Waals surface area contributed by atoms with Crippen molar-refractivity contribution in [3.05, 3.63) is 65.7 Å². The summed E-state index contributed by atoms with van der Waals surface area (Å²) in [5, 5.41) is 0. The van der Waals surface area contributed by atoms with Crippen molar-refractivity contribution in [2.45, 2.75) is 13.0 Å². The fraction of sp³-hybridized carbons (Fsp3) is 0.222. The number of rotatable bonds is 2. The van der Waals surface area contributed by atoms with Gasteiger partial charge in [-0.25, -0.2) is 8.78 Å². The number of anilines is 1. The van der Waals surface area contributed by atoms with Crippen molar-refractivity contribution in [2.75, 3.05) is 18.0 Å². The summed E-state index contributed by atoms with van der Waals surface area (Å²) in [5.41, 5.74) is 0.527. The van der Waals surface area contributed by atoms with Crippen LogP contribution in [0.3, 0.4) is 0 Å². The van der Waals surface area contributed by atoms with Crippen LogP contribution in [0.25, 0.3) is 0 Å². The number of benzene rings is 2. The van der Waals surface area contributed by atoms with Crippen LogP contribution in [0, 0.1) is 11.6 Å². The molecule has 0 aromatic heterocycles. The summed E-state index contributed by atoms with van der Waals surface area (Å²) < 4.78 is 27.0. The predicted octanol–water partition coefficient (Wildman–Crippen LogP) is 2.84. The molecule has 0 radical (unpaired) electrons. The second-order valence-electron chi connectivity index (χ2n) is 5.63. The van der Waals surface area contributed by atoms with Gasteiger partial charge in [0.25, 0.3) is 5.91 Å². The van der Waals surface area contributed by atoms with E-state index in [-0.39, 0.29) is 24.7 Å². The van der Waals surface area contributed by atoms with E-state index in [9.17, 15) is 18.4 Å². The molecular formula is C18H16F2N2O2. The largest absolute Gasteiger partial charge is 0.325 e. The maximum Gasteiger partial charge on any atom is 0.254 e. The molecule has 2 aromatic rings. The number of hydrogen-bond donors (Lipinski definition) is 0. The zero-order valence-corrected chi connectivity index (χ0v) is 13.1. The first kappa shape index (κ1) is 16.1. The Balaban J connectivity index is 1.82. The molecule has 1 aliphatic heterocycles. The van der Waals surface area contributed by atoms with Crippen LogP contribution in [0.4, 0.5) is 14.5 Å². The van der Waals surface area contributed by atoms with Crippen LogP contribution in [0.5, 0.6) is 0 Å². The third-order valence-corrected chi connectivity index (χ3v) is 4.14. The van der Waals surface area contributed by atoms with Crippen molar-refractivity contribution in [1.82, 2.24) is 4.90 Å². The Labute approximate surface area is 138 Å². The third kappa shape index (κ3) is 2.87. The van der Waals surface area contributed by atoms with E-state index in [1.54, 1.807) is 37.3 Å². The van der Waals surface area contributed by atoms with E-state index >= 15 is 0 Å². The molecule has 1 aliphatic rings. The van der Waals surface area contributed by atoms with Gasteiger partial charge in [-0.2, -0.15) is 0 Å². The van der Waals surface area contributed by atoms with Crippen molar-refractivity contribution < 1.29 is 18.4 Å². The number of carbonyl (C=O) groups is 2. The van der Waals surface area contributed by atoms with Gasteiger partial charge in [0, 0.05) is 24.7 Å². The number of nitrogens with zero attached hydrogens (tertiary/aromatic N) is 2. The van der Waals surface area contributed by atoms with E-state index in [0.29, 0.717) is 5.56 Å². The molecule has 3 rings (SSSR count). The lowest BCUT2D eigenvalue weighted by Gasteiger charge is -2.39. The van der Waals surface area contributed by atoms with Gasteiger partial charge >= 0.3 is 0 Å². The molecule has 2 amide bonds. The first-order valence-electron chi connectivity index (χ1n) is 7.61. The number of carbonyl (C=O) groups excluding carboxylic acids is 2. The highest BCUT2D eigenvalue weighted by molar-refractivity contribution is 6.03. The molecule has 0 bridgehead atoms. The molecule has 0 saturated carbocycles. The van der Waals surface area contributed by atoms with Gasteiger partial charge in [0.1, 0.15) is 17.7 Å². The summed E-state index contributed by atoms with van der Waals surface area (Å²) >= 11 is 0. The maximum absolute atomic E-state index is 13.9. The molecule has 0 spiro atoms. The van der Waals surface area contributed by atoms with Crippen LogP contribution in [0.1, 0.15) is 17.3 Å². The normalized spacial score (nSPS) is 18.0. The van der Waals surface area contributed by atoms with Gasteiger partial charge in [0.2, 0.25) is 5.91 Å². The summed E-state index contributed by atoms with van der Waals surface area (Å²) in [6.45, 7) is 2.04. The molecule has 1 unspecified atom stereocenters. The molecule has 24 heavy (non-hydrogen) atoms. The lowest BCUT2D eigenvalue weighted by molar-refractivity contribution is -0.124. The standard InChI is InChI=1S/C18H16F2N2O2/c1-12-17(23)22(16-8-7-14(19)11-15(16)20)10-9-21(12)18(24)13-5-3-2-4-6-13/h2-8,11-12H,9-10H2,1H3. The Morgan fingerprint density at radius 2 is 1.79 bits per heavy atom. The van der Waals surface area contributed by atoms with Crippen LogP contribution >= 0.6 is 0 Å². The van der Waals surface area contributed by atoms with Crippen molar-refractivity contribution in [3.63, 3.8) is 0 Å². The van der Waals surface area contributed by atoms with Crippen molar-refractivity contribution in [3.8, 4) is 0 Å². The predicted molar refractivity (Wildman–Crippen MR) is 85.7 cm³/mol. The van der Waals surface area contributed by atoms with Crippen LogP contribution in [-0.2, 0) is 4.79 Å². The smallest absolute Gasteiger partial charge is 0.254 e. The Kier molecular flexibility index (Phi) is 4.29. The van der Waals surface area contributed by atoms with Gasteiger partial charge in [-0.3, -0.25) is 9.59 Å². The molecular weight excluding hydrogens is 314 g/mol. The molecule has 1 fully saturated rings. The molecule has 124 valence electrons. The summed E-state index contributed by atoms with van der Waals surface area (Å²) in [4.78, 5) is 27.8. The molecule has 0 N–H and O–H groups in total. The Hall–Kier alpha value is -2.76. The van der Waals surface area contributed by atoms with E-state index in [1.807, 2.05) is 0 Å². The molecule has 1 atom stereocenters. The highest BCUT2D eigenvalue weighted by Gasteiger charge is 2.36. The van der Waals surface area contributed by atoms with Gasteiger partial charge < -0.3 is 9.80 Å². The van der Waals surface area contributed by atoms with E-state index in [0.717, 1.165) is 12.1 Å². The van der Waals surface area contributed by atoms with E-state index in [1.165, 1.54) is 15.9 Å². The summed E-state index contributed by atoms with van der Waals surface area (Å²) in [6, 6.07) is 11.1. The summed E-state index contributed by atoms with van der Waals surface area (Å²) in [5.74, 6) is -2.13. The first-order chi connectivity index (χ1) is 11.5. The Morgan fingerprint density at radius 1 is 1.08 bits per heavy atom. The first-order valence-corrected chi connectivity index (χ1v) is 7.61. The quantitative estimate of drug-likeness (QED) is 0.849. The summed E-state index contributed by atoms with van der Waals surface area (Å²) in [6.07, 6.45) is 0. The van der Waals surface area contributed by atoms with Crippen molar-refractivity contribution in [1.29, 1.82) is 0 Å². The molecule has 2 aromatic carbocycles. The zero-order chi connectivity index (χ0) is 17.3. The van der Waals surface area contributed by atoms with E-state index in [2.05, 4.69) is 0 Å². The van der Waals surface area contributed by atoms with Crippen LogP contribution in [-0.4, -0.2) is 35.8 Å². The van der Waals surface area contributed by atoms with Crippen molar-refractivity contribution in [2.24, 2.45) is 0 Å². The van der Waals surface area contributed by atoms with E-state index in [4.69, 9.17) is 0 Å².